The Kier molecular flexibility index (Phi) is 4.55. The monoisotopic (exact) mass is 484 g/mol. The van der Waals surface area contributed by atoms with Gasteiger partial charge in [0.05, 0.1) is 27.8 Å². The second kappa shape index (κ2) is 8.22. The van der Waals surface area contributed by atoms with E-state index in [4.69, 9.17) is 0 Å². The summed E-state index contributed by atoms with van der Waals surface area (Å²) in [6.45, 7) is 0. The third-order valence-corrected chi connectivity index (χ3v) is 7.72. The maximum absolute atomic E-state index is 2.41. The minimum absolute atomic E-state index is 1.16. The highest BCUT2D eigenvalue weighted by molar-refractivity contribution is 6.10. The number of benzene rings is 6. The fourth-order valence-electron chi connectivity index (χ4n) is 6.11. The van der Waals surface area contributed by atoms with Crippen LogP contribution in [0, 0.1) is 0 Å². The number of hydrogen-bond donors (Lipinski definition) is 0. The molecule has 0 aliphatic heterocycles. The average molecular weight is 485 g/mol. The van der Waals surface area contributed by atoms with Crippen molar-refractivity contribution in [3.63, 3.8) is 0 Å². The summed E-state index contributed by atoms with van der Waals surface area (Å²) in [6, 6.07) is 52.5. The van der Waals surface area contributed by atoms with Gasteiger partial charge in [0.15, 0.2) is 0 Å². The molecule has 0 saturated carbocycles. The van der Waals surface area contributed by atoms with E-state index in [2.05, 4.69) is 155 Å². The van der Waals surface area contributed by atoms with E-state index < -0.39 is 0 Å². The van der Waals surface area contributed by atoms with Crippen LogP contribution in [0.5, 0.6) is 0 Å². The molecule has 2 heteroatoms. The molecule has 0 bridgehead atoms. The van der Waals surface area contributed by atoms with Gasteiger partial charge in [-0.2, -0.15) is 0 Å². The Morgan fingerprint density at radius 1 is 0.342 bits per heavy atom. The Labute approximate surface area is 220 Å². The third-order valence-electron chi connectivity index (χ3n) is 7.72. The van der Waals surface area contributed by atoms with Crippen molar-refractivity contribution in [2.75, 3.05) is 0 Å². The fraction of sp³-hybridized carbons (Fsp3) is 0. The molecular weight excluding hydrogens is 460 g/mol. The van der Waals surface area contributed by atoms with Crippen molar-refractivity contribution < 1.29 is 0 Å². The van der Waals surface area contributed by atoms with Crippen molar-refractivity contribution in [2.45, 2.75) is 0 Å². The largest absolute Gasteiger partial charge is 0.309 e. The van der Waals surface area contributed by atoms with E-state index in [1.807, 2.05) is 0 Å². The Balaban J connectivity index is 1.39. The van der Waals surface area contributed by atoms with Gasteiger partial charge in [-0.1, -0.05) is 103 Å². The van der Waals surface area contributed by atoms with Gasteiger partial charge in [-0.3, -0.25) is 0 Å². The molecule has 0 unspecified atom stereocenters. The van der Waals surface area contributed by atoms with Crippen LogP contribution >= 0.6 is 0 Å². The molecule has 38 heavy (non-hydrogen) atoms. The standard InChI is InChI=1S/C36H24N2/c1-6-19-32(38-35-22-9-4-17-30(35)31-18-5-10-23-36(31)38)27(14-1)25-12-11-13-26(24-25)37-33-20-7-2-15-28(33)29-16-3-8-21-34(29)37/h1-24H. The van der Waals surface area contributed by atoms with Crippen molar-refractivity contribution in [3.8, 4) is 22.5 Å². The molecule has 0 spiro atoms. The van der Waals surface area contributed by atoms with E-state index in [1.165, 1.54) is 60.4 Å². The van der Waals surface area contributed by atoms with Gasteiger partial charge in [-0.05, 0) is 48.0 Å². The van der Waals surface area contributed by atoms with E-state index in [-0.39, 0.29) is 0 Å². The normalized spacial score (nSPS) is 11.7. The van der Waals surface area contributed by atoms with E-state index in [0.717, 1.165) is 5.69 Å². The molecule has 8 aromatic rings. The second-order valence-electron chi connectivity index (χ2n) is 9.81. The minimum atomic E-state index is 1.16. The van der Waals surface area contributed by atoms with E-state index in [9.17, 15) is 0 Å². The topological polar surface area (TPSA) is 9.86 Å². The summed E-state index contributed by atoms with van der Waals surface area (Å²) in [5.74, 6) is 0. The SMILES string of the molecule is c1cc(-c2ccccc2-n2c3ccccc3c3ccccc32)cc(-n2c3ccccc3c3ccccc32)c1. The first-order chi connectivity index (χ1) is 18.9. The quantitative estimate of drug-likeness (QED) is 0.236. The molecule has 0 atom stereocenters. The molecular formula is C36H24N2. The van der Waals surface area contributed by atoms with E-state index >= 15 is 0 Å². The molecule has 0 saturated heterocycles. The lowest BCUT2D eigenvalue weighted by molar-refractivity contribution is 1.17. The highest BCUT2D eigenvalue weighted by atomic mass is 15.0. The molecule has 8 rings (SSSR count). The molecule has 0 fully saturated rings. The summed E-state index contributed by atoms with van der Waals surface area (Å²) in [4.78, 5) is 0. The first-order valence-electron chi connectivity index (χ1n) is 13.0. The predicted molar refractivity (Wildman–Crippen MR) is 161 cm³/mol. The number of fused-ring (bicyclic) bond motifs is 6. The lowest BCUT2D eigenvalue weighted by atomic mass is 10.0. The van der Waals surface area contributed by atoms with E-state index in [0.29, 0.717) is 0 Å². The predicted octanol–water partition coefficient (Wildman–Crippen LogP) is 9.55. The van der Waals surface area contributed by atoms with Crippen LogP contribution in [-0.2, 0) is 0 Å². The summed E-state index contributed by atoms with van der Waals surface area (Å²) in [5, 5.41) is 5.10. The highest BCUT2D eigenvalue weighted by Crippen LogP contribution is 2.37. The Morgan fingerprint density at radius 2 is 0.789 bits per heavy atom. The summed E-state index contributed by atoms with van der Waals surface area (Å²) in [5.41, 5.74) is 9.65. The van der Waals surface area contributed by atoms with Crippen molar-refractivity contribution in [1.82, 2.24) is 9.13 Å². The van der Waals surface area contributed by atoms with E-state index in [1.54, 1.807) is 0 Å². The van der Waals surface area contributed by atoms with Gasteiger partial charge in [-0.25, -0.2) is 0 Å². The van der Waals surface area contributed by atoms with Crippen LogP contribution in [0.3, 0.4) is 0 Å². The number of hydrogen-bond acceptors (Lipinski definition) is 0. The maximum atomic E-state index is 2.41. The van der Waals surface area contributed by atoms with Gasteiger partial charge >= 0.3 is 0 Å². The zero-order valence-electron chi connectivity index (χ0n) is 20.8. The zero-order chi connectivity index (χ0) is 25.1. The molecule has 0 N–H and O–H groups in total. The highest BCUT2D eigenvalue weighted by Gasteiger charge is 2.16. The number of rotatable bonds is 3. The molecule has 6 aromatic carbocycles. The molecule has 0 aliphatic carbocycles. The lowest BCUT2D eigenvalue weighted by Gasteiger charge is -2.15. The van der Waals surface area contributed by atoms with Crippen LogP contribution in [0.25, 0.3) is 66.1 Å². The molecule has 0 radical (unpaired) electrons. The fourth-order valence-corrected chi connectivity index (χ4v) is 6.11. The van der Waals surface area contributed by atoms with Gasteiger partial charge in [0.2, 0.25) is 0 Å². The third kappa shape index (κ3) is 3.01. The van der Waals surface area contributed by atoms with Gasteiger partial charge in [-0.15, -0.1) is 0 Å². The van der Waals surface area contributed by atoms with Crippen LogP contribution < -0.4 is 0 Å². The van der Waals surface area contributed by atoms with Crippen LogP contribution in [0.2, 0.25) is 0 Å². The molecule has 2 heterocycles. The Bertz CT molecular complexity index is 2030. The zero-order valence-corrected chi connectivity index (χ0v) is 20.8. The van der Waals surface area contributed by atoms with Crippen LogP contribution in [0.15, 0.2) is 146 Å². The summed E-state index contributed by atoms with van der Waals surface area (Å²) in [6.07, 6.45) is 0. The Morgan fingerprint density at radius 3 is 1.34 bits per heavy atom. The summed E-state index contributed by atoms with van der Waals surface area (Å²) < 4.78 is 4.80. The summed E-state index contributed by atoms with van der Waals surface area (Å²) >= 11 is 0. The van der Waals surface area contributed by atoms with Crippen molar-refractivity contribution in [3.05, 3.63) is 146 Å². The molecule has 2 aromatic heterocycles. The average Bonchev–Trinajstić information content (AvgIpc) is 3.50. The smallest absolute Gasteiger partial charge is 0.0541 e. The first-order valence-corrected chi connectivity index (χ1v) is 13.0. The van der Waals surface area contributed by atoms with Gasteiger partial charge in [0.25, 0.3) is 0 Å². The maximum Gasteiger partial charge on any atom is 0.0541 e. The van der Waals surface area contributed by atoms with Crippen molar-refractivity contribution in [1.29, 1.82) is 0 Å². The number of aromatic nitrogens is 2. The second-order valence-corrected chi connectivity index (χ2v) is 9.81. The van der Waals surface area contributed by atoms with Gasteiger partial charge in [0.1, 0.15) is 0 Å². The first kappa shape index (κ1) is 21.0. The molecule has 0 aliphatic rings. The number of para-hydroxylation sites is 5. The van der Waals surface area contributed by atoms with Gasteiger partial charge in [0, 0.05) is 32.8 Å². The van der Waals surface area contributed by atoms with Gasteiger partial charge < -0.3 is 9.13 Å². The summed E-state index contributed by atoms with van der Waals surface area (Å²) in [7, 11) is 0. The van der Waals surface area contributed by atoms with Crippen molar-refractivity contribution >= 4 is 43.6 Å². The van der Waals surface area contributed by atoms with Crippen LogP contribution in [0.4, 0.5) is 0 Å². The minimum Gasteiger partial charge on any atom is -0.309 e. The lowest BCUT2D eigenvalue weighted by Crippen LogP contribution is -1.98. The molecule has 0 amide bonds. The van der Waals surface area contributed by atoms with Crippen LogP contribution in [-0.4, -0.2) is 9.13 Å². The molecule has 2 nitrogen and oxygen atoms in total. The van der Waals surface area contributed by atoms with Crippen molar-refractivity contribution in [2.24, 2.45) is 0 Å². The number of nitrogens with zero attached hydrogens (tertiary/aromatic N) is 2. The van der Waals surface area contributed by atoms with Crippen LogP contribution in [0.1, 0.15) is 0 Å². The molecule has 178 valence electrons. The Hall–Kier alpha value is -5.08.